The number of hydrogen-bond acceptors (Lipinski definition) is 3. The summed E-state index contributed by atoms with van der Waals surface area (Å²) < 4.78 is 6.50. The standard InChI is InChI=1S/C7H12N4O2/c1-8-7(12)9-5-4-6(13-3)11(2)10-5/h4H,1-3H3,(H2,8,9,10,12). The van der Waals surface area contributed by atoms with Crippen LogP contribution in [0.1, 0.15) is 0 Å². The van der Waals surface area contributed by atoms with Gasteiger partial charge in [0.15, 0.2) is 5.82 Å². The summed E-state index contributed by atoms with van der Waals surface area (Å²) in [5, 5.41) is 8.93. The molecule has 0 saturated heterocycles. The zero-order valence-electron chi connectivity index (χ0n) is 7.79. The highest BCUT2D eigenvalue weighted by Crippen LogP contribution is 2.14. The first kappa shape index (κ1) is 9.37. The van der Waals surface area contributed by atoms with Crippen LogP contribution in [0.15, 0.2) is 6.07 Å². The number of ether oxygens (including phenoxy) is 1. The van der Waals surface area contributed by atoms with Crippen LogP contribution in [-0.2, 0) is 7.05 Å². The molecule has 0 unspecified atom stereocenters. The van der Waals surface area contributed by atoms with E-state index in [4.69, 9.17) is 4.74 Å². The number of amides is 2. The van der Waals surface area contributed by atoms with Crippen molar-refractivity contribution in [1.29, 1.82) is 0 Å². The highest BCUT2D eigenvalue weighted by atomic mass is 16.5. The molecule has 0 aliphatic heterocycles. The van der Waals surface area contributed by atoms with E-state index in [0.29, 0.717) is 11.7 Å². The van der Waals surface area contributed by atoms with Gasteiger partial charge in [0.25, 0.3) is 0 Å². The molecule has 6 nitrogen and oxygen atoms in total. The molecule has 1 aromatic heterocycles. The quantitative estimate of drug-likeness (QED) is 0.689. The average molecular weight is 184 g/mol. The lowest BCUT2D eigenvalue weighted by atomic mass is 10.6. The van der Waals surface area contributed by atoms with Crippen molar-refractivity contribution in [2.24, 2.45) is 7.05 Å². The second-order valence-corrected chi connectivity index (χ2v) is 2.40. The third-order valence-corrected chi connectivity index (χ3v) is 1.51. The molecule has 2 N–H and O–H groups in total. The number of urea groups is 1. The molecule has 6 heteroatoms. The van der Waals surface area contributed by atoms with E-state index in [0.717, 1.165) is 0 Å². The lowest BCUT2D eigenvalue weighted by molar-refractivity contribution is 0.254. The van der Waals surface area contributed by atoms with Crippen molar-refractivity contribution in [3.8, 4) is 5.88 Å². The molecule has 72 valence electrons. The molecule has 1 heterocycles. The molecule has 1 rings (SSSR count). The van der Waals surface area contributed by atoms with Gasteiger partial charge in [0.1, 0.15) is 0 Å². The number of carbonyl (C=O) groups excluding carboxylic acids is 1. The number of nitrogens with zero attached hydrogens (tertiary/aromatic N) is 2. The van der Waals surface area contributed by atoms with Crippen molar-refractivity contribution in [1.82, 2.24) is 15.1 Å². The third-order valence-electron chi connectivity index (χ3n) is 1.51. The van der Waals surface area contributed by atoms with Crippen LogP contribution in [0, 0.1) is 0 Å². The average Bonchev–Trinajstić information content (AvgIpc) is 2.46. The van der Waals surface area contributed by atoms with Crippen molar-refractivity contribution in [2.45, 2.75) is 0 Å². The Morgan fingerprint density at radius 2 is 2.38 bits per heavy atom. The summed E-state index contributed by atoms with van der Waals surface area (Å²) in [6.45, 7) is 0. The first-order valence-corrected chi connectivity index (χ1v) is 3.74. The molecule has 0 aromatic carbocycles. The lowest BCUT2D eigenvalue weighted by Crippen LogP contribution is -2.24. The molecule has 0 aliphatic carbocycles. The maximum Gasteiger partial charge on any atom is 0.320 e. The van der Waals surface area contributed by atoms with E-state index in [-0.39, 0.29) is 6.03 Å². The zero-order chi connectivity index (χ0) is 9.84. The molecular weight excluding hydrogens is 172 g/mol. The van der Waals surface area contributed by atoms with E-state index in [1.165, 1.54) is 11.7 Å². The smallest absolute Gasteiger partial charge is 0.320 e. The molecule has 0 atom stereocenters. The molecule has 0 radical (unpaired) electrons. The van der Waals surface area contributed by atoms with E-state index in [2.05, 4.69) is 15.7 Å². The van der Waals surface area contributed by atoms with Crippen LogP contribution in [0.5, 0.6) is 5.88 Å². The van der Waals surface area contributed by atoms with Gasteiger partial charge in [-0.15, -0.1) is 0 Å². The van der Waals surface area contributed by atoms with Crippen LogP contribution in [0.3, 0.4) is 0 Å². The number of methoxy groups -OCH3 is 1. The number of aryl methyl sites for hydroxylation is 1. The summed E-state index contributed by atoms with van der Waals surface area (Å²) in [7, 11) is 4.81. The van der Waals surface area contributed by atoms with Gasteiger partial charge in [0, 0.05) is 20.2 Å². The summed E-state index contributed by atoms with van der Waals surface area (Å²) >= 11 is 0. The minimum absolute atomic E-state index is 0.305. The molecule has 0 saturated carbocycles. The van der Waals surface area contributed by atoms with Gasteiger partial charge in [-0.3, -0.25) is 5.32 Å². The molecule has 0 aliphatic rings. The molecule has 0 fully saturated rings. The second kappa shape index (κ2) is 3.79. The van der Waals surface area contributed by atoms with Crippen LogP contribution in [0.2, 0.25) is 0 Å². The Bertz CT molecular complexity index is 307. The van der Waals surface area contributed by atoms with Crippen molar-refractivity contribution >= 4 is 11.8 Å². The van der Waals surface area contributed by atoms with E-state index in [1.54, 1.807) is 20.2 Å². The van der Waals surface area contributed by atoms with Gasteiger partial charge in [0.05, 0.1) is 7.11 Å². The number of nitrogens with one attached hydrogen (secondary N) is 2. The van der Waals surface area contributed by atoms with E-state index in [9.17, 15) is 4.79 Å². The fraction of sp³-hybridized carbons (Fsp3) is 0.429. The number of aromatic nitrogens is 2. The van der Waals surface area contributed by atoms with Crippen LogP contribution in [0.25, 0.3) is 0 Å². The maximum atomic E-state index is 10.9. The minimum atomic E-state index is -0.305. The SMILES string of the molecule is CNC(=O)Nc1cc(OC)n(C)n1. The van der Waals surface area contributed by atoms with Gasteiger partial charge in [-0.1, -0.05) is 0 Å². The molecule has 1 aromatic rings. The summed E-state index contributed by atoms with van der Waals surface area (Å²) in [6.07, 6.45) is 0. The van der Waals surface area contributed by atoms with E-state index < -0.39 is 0 Å². The molecule has 13 heavy (non-hydrogen) atoms. The van der Waals surface area contributed by atoms with E-state index in [1.807, 2.05) is 0 Å². The number of anilines is 1. The van der Waals surface area contributed by atoms with Crippen molar-refractivity contribution < 1.29 is 9.53 Å². The monoisotopic (exact) mass is 184 g/mol. The molecular formula is C7H12N4O2. The minimum Gasteiger partial charge on any atom is -0.481 e. The molecule has 0 bridgehead atoms. The Hall–Kier alpha value is -1.72. The normalized spacial score (nSPS) is 9.46. The number of carbonyl (C=O) groups is 1. The lowest BCUT2D eigenvalue weighted by Gasteiger charge is -1.97. The fourth-order valence-corrected chi connectivity index (χ4v) is 0.881. The summed E-state index contributed by atoms with van der Waals surface area (Å²) in [4.78, 5) is 10.9. The van der Waals surface area contributed by atoms with Gasteiger partial charge in [-0.25, -0.2) is 9.48 Å². The molecule has 0 spiro atoms. The molecule has 2 amide bonds. The van der Waals surface area contributed by atoms with Crippen LogP contribution in [0.4, 0.5) is 10.6 Å². The zero-order valence-corrected chi connectivity index (χ0v) is 7.79. The van der Waals surface area contributed by atoms with Crippen molar-refractivity contribution in [3.63, 3.8) is 0 Å². The first-order chi connectivity index (χ1) is 6.17. The maximum absolute atomic E-state index is 10.9. The van der Waals surface area contributed by atoms with Gasteiger partial charge >= 0.3 is 6.03 Å². The predicted octanol–water partition coefficient (Wildman–Crippen LogP) is 0.180. The Labute approximate surface area is 75.9 Å². The van der Waals surface area contributed by atoms with Crippen LogP contribution in [-0.4, -0.2) is 30.0 Å². The Morgan fingerprint density at radius 3 is 2.85 bits per heavy atom. The highest BCUT2D eigenvalue weighted by molar-refractivity contribution is 5.88. The van der Waals surface area contributed by atoms with Crippen LogP contribution < -0.4 is 15.4 Å². The van der Waals surface area contributed by atoms with Crippen molar-refractivity contribution in [2.75, 3.05) is 19.5 Å². The largest absolute Gasteiger partial charge is 0.481 e. The van der Waals surface area contributed by atoms with Gasteiger partial charge in [0.2, 0.25) is 5.88 Å². The first-order valence-electron chi connectivity index (χ1n) is 3.74. The second-order valence-electron chi connectivity index (χ2n) is 2.40. The summed E-state index contributed by atoms with van der Waals surface area (Å²) in [5.74, 6) is 1.05. The van der Waals surface area contributed by atoms with Crippen molar-refractivity contribution in [3.05, 3.63) is 6.07 Å². The summed E-state index contributed by atoms with van der Waals surface area (Å²) in [5.41, 5.74) is 0. The van der Waals surface area contributed by atoms with Gasteiger partial charge < -0.3 is 10.1 Å². The fourth-order valence-electron chi connectivity index (χ4n) is 0.881. The number of hydrogen-bond donors (Lipinski definition) is 2. The Kier molecular flexibility index (Phi) is 2.73. The van der Waals surface area contributed by atoms with E-state index >= 15 is 0 Å². The summed E-state index contributed by atoms with van der Waals surface area (Å²) in [6, 6.07) is 1.33. The van der Waals surface area contributed by atoms with Gasteiger partial charge in [-0.05, 0) is 0 Å². The predicted molar refractivity (Wildman–Crippen MR) is 47.8 cm³/mol. The Balaban J connectivity index is 2.73. The highest BCUT2D eigenvalue weighted by Gasteiger charge is 2.06. The topological polar surface area (TPSA) is 68.2 Å². The number of rotatable bonds is 2. The Morgan fingerprint density at radius 1 is 1.69 bits per heavy atom. The third kappa shape index (κ3) is 2.11. The van der Waals surface area contributed by atoms with Crippen LogP contribution >= 0.6 is 0 Å². The van der Waals surface area contributed by atoms with Gasteiger partial charge in [-0.2, -0.15) is 5.10 Å².